The van der Waals surface area contributed by atoms with Crippen LogP contribution in [0.1, 0.15) is 23.3 Å². The van der Waals surface area contributed by atoms with E-state index < -0.39 is 9.84 Å². The largest absolute Gasteiger partial charge is 0.397 e. The molecule has 1 aromatic carbocycles. The van der Waals surface area contributed by atoms with Crippen molar-refractivity contribution < 1.29 is 13.2 Å². The normalized spacial score (nSPS) is 18.7. The second-order valence-electron chi connectivity index (χ2n) is 5.39. The molecule has 0 bridgehead atoms. The first kappa shape index (κ1) is 13.9. The van der Waals surface area contributed by atoms with Gasteiger partial charge in [0.05, 0.1) is 22.7 Å². The molecule has 0 unspecified atom stereocenters. The van der Waals surface area contributed by atoms with Crippen molar-refractivity contribution in [2.45, 2.75) is 18.9 Å². The average molecular weight is 307 g/mol. The predicted octanol–water partition coefficient (Wildman–Crippen LogP) is 1.06. The summed E-state index contributed by atoms with van der Waals surface area (Å²) in [6.45, 7) is 0. The number of aromatic nitrogens is 1. The van der Waals surface area contributed by atoms with Gasteiger partial charge in [-0.2, -0.15) is 0 Å². The van der Waals surface area contributed by atoms with Gasteiger partial charge in [0.25, 0.3) is 5.91 Å². The van der Waals surface area contributed by atoms with Crippen LogP contribution in [0.15, 0.2) is 24.3 Å². The van der Waals surface area contributed by atoms with Crippen LogP contribution in [0, 0.1) is 0 Å². The number of nitrogens with two attached hydrogens (primary N) is 1. The average Bonchev–Trinajstić information content (AvgIpc) is 2.87. The van der Waals surface area contributed by atoms with Gasteiger partial charge in [-0.05, 0) is 25.0 Å². The van der Waals surface area contributed by atoms with Gasteiger partial charge >= 0.3 is 0 Å². The molecule has 1 aliphatic rings. The van der Waals surface area contributed by atoms with E-state index in [1.165, 1.54) is 0 Å². The lowest BCUT2D eigenvalue weighted by Crippen LogP contribution is -2.40. The summed E-state index contributed by atoms with van der Waals surface area (Å²) in [4.78, 5) is 15.2. The van der Waals surface area contributed by atoms with Crippen molar-refractivity contribution >= 4 is 32.3 Å². The summed E-state index contributed by atoms with van der Waals surface area (Å²) in [5.41, 5.74) is 7.63. The second kappa shape index (κ2) is 5.07. The van der Waals surface area contributed by atoms with E-state index in [0.717, 1.165) is 10.9 Å². The molecule has 0 atom stereocenters. The highest BCUT2D eigenvalue weighted by atomic mass is 32.2. The minimum absolute atomic E-state index is 0.0928. The van der Waals surface area contributed by atoms with Crippen LogP contribution in [0.4, 0.5) is 5.69 Å². The van der Waals surface area contributed by atoms with Gasteiger partial charge in [0, 0.05) is 11.4 Å². The van der Waals surface area contributed by atoms with Gasteiger partial charge < -0.3 is 16.0 Å². The topological polar surface area (TPSA) is 105 Å². The number of anilines is 1. The fourth-order valence-corrected chi connectivity index (χ4v) is 4.09. The maximum absolute atomic E-state index is 12.2. The van der Waals surface area contributed by atoms with E-state index in [-0.39, 0.29) is 23.5 Å². The van der Waals surface area contributed by atoms with Gasteiger partial charge in [0.15, 0.2) is 0 Å². The smallest absolute Gasteiger partial charge is 0.267 e. The van der Waals surface area contributed by atoms with E-state index in [1.807, 2.05) is 12.1 Å². The molecule has 112 valence electrons. The van der Waals surface area contributed by atoms with Gasteiger partial charge in [-0.15, -0.1) is 0 Å². The highest BCUT2D eigenvalue weighted by Gasteiger charge is 2.25. The molecule has 0 aliphatic carbocycles. The Morgan fingerprint density at radius 2 is 2.00 bits per heavy atom. The van der Waals surface area contributed by atoms with Crippen LogP contribution in [0.3, 0.4) is 0 Å². The molecule has 1 aromatic heterocycles. The maximum Gasteiger partial charge on any atom is 0.267 e. The Balaban J connectivity index is 1.74. The van der Waals surface area contributed by atoms with Crippen LogP contribution < -0.4 is 11.1 Å². The standard InChI is InChI=1S/C14H17N3O3S/c15-11-3-1-2-9-8-12(17-13(9)11)14(18)16-10-4-6-21(19,20)7-5-10/h1-3,8,10,17H,4-7,15H2,(H,16,18). The summed E-state index contributed by atoms with van der Waals surface area (Å²) in [6.07, 6.45) is 0.937. The molecule has 0 radical (unpaired) electrons. The number of carbonyl (C=O) groups is 1. The zero-order chi connectivity index (χ0) is 15.0. The molecule has 2 aromatic rings. The van der Waals surface area contributed by atoms with E-state index in [9.17, 15) is 13.2 Å². The molecule has 0 spiro atoms. The SMILES string of the molecule is Nc1cccc2cc(C(=O)NC3CCS(=O)(=O)CC3)[nH]c12. The number of fused-ring (bicyclic) bond motifs is 1. The molecular formula is C14H17N3O3S. The predicted molar refractivity (Wildman–Crippen MR) is 81.9 cm³/mol. The van der Waals surface area contributed by atoms with Crippen LogP contribution >= 0.6 is 0 Å². The number of sulfone groups is 1. The third-order valence-electron chi connectivity index (χ3n) is 3.82. The zero-order valence-electron chi connectivity index (χ0n) is 11.4. The van der Waals surface area contributed by atoms with Crippen molar-refractivity contribution in [2.75, 3.05) is 17.2 Å². The van der Waals surface area contributed by atoms with Gasteiger partial charge in [-0.25, -0.2) is 8.42 Å². The number of para-hydroxylation sites is 1. The Labute approximate surface area is 122 Å². The summed E-state index contributed by atoms with van der Waals surface area (Å²) >= 11 is 0. The quantitative estimate of drug-likeness (QED) is 0.721. The molecule has 7 heteroatoms. The van der Waals surface area contributed by atoms with Crippen LogP contribution in [0.25, 0.3) is 10.9 Å². The Bertz CT molecular complexity index is 781. The first-order chi connectivity index (χ1) is 9.94. The Hall–Kier alpha value is -2.02. The number of amides is 1. The summed E-state index contributed by atoms with van der Waals surface area (Å²) in [6, 6.07) is 7.14. The van der Waals surface area contributed by atoms with Gasteiger partial charge in [0.2, 0.25) is 0 Å². The number of hydrogen-bond donors (Lipinski definition) is 3. The number of aromatic amines is 1. The number of nitrogen functional groups attached to an aromatic ring is 1. The lowest BCUT2D eigenvalue weighted by atomic mass is 10.1. The zero-order valence-corrected chi connectivity index (χ0v) is 12.2. The number of rotatable bonds is 2. The van der Waals surface area contributed by atoms with Crippen LogP contribution in [-0.4, -0.2) is 36.9 Å². The number of nitrogens with one attached hydrogen (secondary N) is 2. The minimum atomic E-state index is -2.92. The molecule has 2 heterocycles. The summed E-state index contributed by atoms with van der Waals surface area (Å²) in [5, 5.41) is 3.76. The Morgan fingerprint density at radius 3 is 2.67 bits per heavy atom. The number of H-pyrrole nitrogens is 1. The first-order valence-electron chi connectivity index (χ1n) is 6.83. The molecule has 0 saturated carbocycles. The van der Waals surface area contributed by atoms with Crippen molar-refractivity contribution in [3.63, 3.8) is 0 Å². The molecule has 1 fully saturated rings. The lowest BCUT2D eigenvalue weighted by molar-refractivity contribution is 0.0930. The second-order valence-corrected chi connectivity index (χ2v) is 7.70. The third-order valence-corrected chi connectivity index (χ3v) is 5.54. The van der Waals surface area contributed by atoms with E-state index in [4.69, 9.17) is 5.73 Å². The van der Waals surface area contributed by atoms with E-state index in [0.29, 0.717) is 24.2 Å². The van der Waals surface area contributed by atoms with Crippen molar-refractivity contribution in [3.05, 3.63) is 30.0 Å². The third kappa shape index (κ3) is 2.87. The fraction of sp³-hybridized carbons (Fsp3) is 0.357. The number of hydrogen-bond acceptors (Lipinski definition) is 4. The highest BCUT2D eigenvalue weighted by molar-refractivity contribution is 7.91. The Morgan fingerprint density at radius 1 is 1.29 bits per heavy atom. The number of benzene rings is 1. The molecular weight excluding hydrogens is 290 g/mol. The highest BCUT2D eigenvalue weighted by Crippen LogP contribution is 2.21. The van der Waals surface area contributed by atoms with Gasteiger partial charge in [0.1, 0.15) is 15.5 Å². The summed E-state index contributed by atoms with van der Waals surface area (Å²) < 4.78 is 22.7. The maximum atomic E-state index is 12.2. The minimum Gasteiger partial charge on any atom is -0.397 e. The molecule has 1 aliphatic heterocycles. The monoisotopic (exact) mass is 307 g/mol. The molecule has 1 saturated heterocycles. The van der Waals surface area contributed by atoms with Crippen molar-refractivity contribution in [2.24, 2.45) is 0 Å². The Kier molecular flexibility index (Phi) is 3.36. The lowest BCUT2D eigenvalue weighted by Gasteiger charge is -2.22. The van der Waals surface area contributed by atoms with Crippen LogP contribution in [0.2, 0.25) is 0 Å². The molecule has 1 amide bonds. The van der Waals surface area contributed by atoms with Crippen LogP contribution in [-0.2, 0) is 9.84 Å². The summed E-state index contributed by atoms with van der Waals surface area (Å²) in [5.74, 6) is 0.0461. The van der Waals surface area contributed by atoms with Crippen LogP contribution in [0.5, 0.6) is 0 Å². The number of carbonyl (C=O) groups excluding carboxylic acids is 1. The van der Waals surface area contributed by atoms with Gasteiger partial charge in [-0.1, -0.05) is 12.1 Å². The van der Waals surface area contributed by atoms with Crippen molar-refractivity contribution in [3.8, 4) is 0 Å². The van der Waals surface area contributed by atoms with E-state index >= 15 is 0 Å². The van der Waals surface area contributed by atoms with E-state index in [2.05, 4.69) is 10.3 Å². The van der Waals surface area contributed by atoms with Gasteiger partial charge in [-0.3, -0.25) is 4.79 Å². The van der Waals surface area contributed by atoms with Crippen molar-refractivity contribution in [1.82, 2.24) is 10.3 Å². The molecule has 4 N–H and O–H groups in total. The first-order valence-corrected chi connectivity index (χ1v) is 8.65. The van der Waals surface area contributed by atoms with Crippen molar-refractivity contribution in [1.29, 1.82) is 0 Å². The molecule has 6 nitrogen and oxygen atoms in total. The fourth-order valence-electron chi connectivity index (χ4n) is 2.60. The molecule has 21 heavy (non-hydrogen) atoms. The summed E-state index contributed by atoms with van der Waals surface area (Å²) in [7, 11) is -2.92. The van der Waals surface area contributed by atoms with E-state index in [1.54, 1.807) is 12.1 Å². The molecule has 3 rings (SSSR count).